The van der Waals surface area contributed by atoms with Gasteiger partial charge in [0.05, 0.1) is 13.1 Å². The molecule has 1 saturated heterocycles. The fraction of sp³-hybridized carbons (Fsp3) is 0.556. The topological polar surface area (TPSA) is 49.4 Å². The van der Waals surface area contributed by atoms with Crippen LogP contribution >= 0.6 is 11.6 Å². The van der Waals surface area contributed by atoms with Crippen LogP contribution in [0.25, 0.3) is 0 Å². The molecule has 1 aliphatic heterocycles. The number of hydrogen-bond donors (Lipinski definition) is 1. The molecular weight excluding hydrogens is 204 g/mol. The molecule has 0 aromatic rings. The predicted octanol–water partition coefficient (Wildman–Crippen LogP) is 0.476. The number of carbonyl (C=O) groups is 2. The van der Waals surface area contributed by atoms with Crippen LogP contribution in [0.15, 0.2) is 11.6 Å². The smallest absolute Gasteiger partial charge is 0.243 e. The normalized spacial score (nSPS) is 22.1. The molecule has 0 bridgehead atoms. The van der Waals surface area contributed by atoms with Crippen molar-refractivity contribution in [3.05, 3.63) is 11.6 Å². The molecular formula is C9H13ClN2O2. The minimum atomic E-state index is -0.410. The van der Waals surface area contributed by atoms with Crippen LogP contribution in [0.4, 0.5) is 0 Å². The summed E-state index contributed by atoms with van der Waals surface area (Å²) >= 11 is 5.63. The Morgan fingerprint density at radius 2 is 2.36 bits per heavy atom. The van der Waals surface area contributed by atoms with Crippen molar-refractivity contribution in [3.63, 3.8) is 0 Å². The molecule has 1 heterocycles. The van der Waals surface area contributed by atoms with Crippen molar-refractivity contribution in [2.45, 2.75) is 19.4 Å². The third kappa shape index (κ3) is 2.26. The summed E-state index contributed by atoms with van der Waals surface area (Å²) in [6.45, 7) is 5.67. The van der Waals surface area contributed by atoms with E-state index in [1.807, 2.05) is 6.92 Å². The SMILES string of the molecule is C=C(Cl)CN1C(=O)CNC(=O)C1CC. The van der Waals surface area contributed by atoms with Crippen LogP contribution in [0.5, 0.6) is 0 Å². The molecule has 1 unspecified atom stereocenters. The number of rotatable bonds is 3. The van der Waals surface area contributed by atoms with Gasteiger partial charge in [0.2, 0.25) is 11.8 Å². The lowest BCUT2D eigenvalue weighted by Gasteiger charge is -2.34. The molecule has 0 saturated carbocycles. The summed E-state index contributed by atoms with van der Waals surface area (Å²) in [5.74, 6) is -0.233. The van der Waals surface area contributed by atoms with Crippen molar-refractivity contribution in [2.24, 2.45) is 0 Å². The van der Waals surface area contributed by atoms with Crippen molar-refractivity contribution in [3.8, 4) is 0 Å². The summed E-state index contributed by atoms with van der Waals surface area (Å²) in [4.78, 5) is 24.3. The minimum Gasteiger partial charge on any atom is -0.345 e. The van der Waals surface area contributed by atoms with E-state index in [-0.39, 0.29) is 24.9 Å². The van der Waals surface area contributed by atoms with Gasteiger partial charge >= 0.3 is 0 Å². The maximum atomic E-state index is 11.5. The lowest BCUT2D eigenvalue weighted by molar-refractivity contribution is -0.145. The first kappa shape index (κ1) is 11.0. The zero-order valence-corrected chi connectivity index (χ0v) is 8.80. The highest BCUT2D eigenvalue weighted by Gasteiger charge is 2.32. The number of hydrogen-bond acceptors (Lipinski definition) is 2. The molecule has 0 aliphatic carbocycles. The van der Waals surface area contributed by atoms with Gasteiger partial charge in [-0.15, -0.1) is 0 Å². The Hall–Kier alpha value is -1.03. The lowest BCUT2D eigenvalue weighted by atomic mass is 10.1. The molecule has 0 aromatic carbocycles. The molecule has 1 fully saturated rings. The van der Waals surface area contributed by atoms with E-state index >= 15 is 0 Å². The summed E-state index contributed by atoms with van der Waals surface area (Å²) in [6.07, 6.45) is 0.585. The molecule has 78 valence electrons. The van der Waals surface area contributed by atoms with E-state index in [0.717, 1.165) is 0 Å². The van der Waals surface area contributed by atoms with Crippen LogP contribution < -0.4 is 5.32 Å². The molecule has 0 spiro atoms. The maximum Gasteiger partial charge on any atom is 0.243 e. The summed E-state index contributed by atoms with van der Waals surface area (Å²) in [6, 6.07) is -0.410. The summed E-state index contributed by atoms with van der Waals surface area (Å²) in [7, 11) is 0. The first-order chi connectivity index (χ1) is 6.56. The van der Waals surface area contributed by atoms with E-state index in [4.69, 9.17) is 11.6 Å². The molecule has 0 aromatic heterocycles. The highest BCUT2D eigenvalue weighted by atomic mass is 35.5. The molecule has 1 atom stereocenters. The molecule has 2 amide bonds. The highest BCUT2D eigenvalue weighted by molar-refractivity contribution is 6.29. The average molecular weight is 217 g/mol. The Morgan fingerprint density at radius 3 is 2.86 bits per heavy atom. The van der Waals surface area contributed by atoms with Crippen LogP contribution in [-0.4, -0.2) is 35.8 Å². The number of nitrogens with one attached hydrogen (secondary N) is 1. The van der Waals surface area contributed by atoms with Gasteiger partial charge in [-0.1, -0.05) is 25.1 Å². The van der Waals surface area contributed by atoms with Crippen molar-refractivity contribution < 1.29 is 9.59 Å². The van der Waals surface area contributed by atoms with Gasteiger partial charge in [0, 0.05) is 5.03 Å². The minimum absolute atomic E-state index is 0.0551. The van der Waals surface area contributed by atoms with E-state index in [1.165, 1.54) is 4.90 Å². The predicted molar refractivity (Wildman–Crippen MR) is 53.8 cm³/mol. The van der Waals surface area contributed by atoms with Gasteiger partial charge in [-0.25, -0.2) is 0 Å². The largest absolute Gasteiger partial charge is 0.345 e. The zero-order valence-electron chi connectivity index (χ0n) is 8.05. The number of halogens is 1. The van der Waals surface area contributed by atoms with E-state index in [0.29, 0.717) is 11.5 Å². The third-order valence-electron chi connectivity index (χ3n) is 2.14. The summed E-state index contributed by atoms with van der Waals surface area (Å²) in [5.41, 5.74) is 0. The van der Waals surface area contributed by atoms with Crippen LogP contribution in [-0.2, 0) is 9.59 Å². The van der Waals surface area contributed by atoms with E-state index < -0.39 is 6.04 Å². The number of carbonyl (C=O) groups excluding carboxylic acids is 2. The van der Waals surface area contributed by atoms with Gasteiger partial charge in [0.1, 0.15) is 6.04 Å². The Bertz CT molecular complexity index is 278. The van der Waals surface area contributed by atoms with Gasteiger partial charge in [-0.05, 0) is 6.42 Å². The standard InChI is InChI=1S/C9H13ClN2O2/c1-3-7-9(14)11-4-8(13)12(7)5-6(2)10/h7H,2-5H2,1H3,(H,11,14). The Labute approximate surface area is 87.9 Å². The zero-order chi connectivity index (χ0) is 10.7. The van der Waals surface area contributed by atoms with Gasteiger partial charge in [-0.2, -0.15) is 0 Å². The van der Waals surface area contributed by atoms with Gasteiger partial charge < -0.3 is 10.2 Å². The molecule has 5 heteroatoms. The second-order valence-electron chi connectivity index (χ2n) is 3.18. The first-order valence-electron chi connectivity index (χ1n) is 4.46. The van der Waals surface area contributed by atoms with Gasteiger partial charge in [0.15, 0.2) is 0 Å². The van der Waals surface area contributed by atoms with Crippen molar-refractivity contribution in [2.75, 3.05) is 13.1 Å². The Kier molecular flexibility index (Phi) is 3.52. The lowest BCUT2D eigenvalue weighted by Crippen LogP contribution is -2.58. The molecule has 14 heavy (non-hydrogen) atoms. The Balaban J connectivity index is 2.78. The van der Waals surface area contributed by atoms with Crippen LogP contribution in [0.2, 0.25) is 0 Å². The monoisotopic (exact) mass is 216 g/mol. The number of piperazine rings is 1. The van der Waals surface area contributed by atoms with Crippen molar-refractivity contribution in [1.82, 2.24) is 10.2 Å². The summed E-state index contributed by atoms with van der Waals surface area (Å²) in [5, 5.41) is 2.90. The highest BCUT2D eigenvalue weighted by Crippen LogP contribution is 2.12. The first-order valence-corrected chi connectivity index (χ1v) is 4.84. The van der Waals surface area contributed by atoms with Crippen molar-refractivity contribution in [1.29, 1.82) is 0 Å². The second-order valence-corrected chi connectivity index (χ2v) is 3.72. The molecule has 1 aliphatic rings. The fourth-order valence-corrected chi connectivity index (χ4v) is 1.62. The quantitative estimate of drug-likeness (QED) is 0.746. The van der Waals surface area contributed by atoms with Crippen LogP contribution in [0.1, 0.15) is 13.3 Å². The third-order valence-corrected chi connectivity index (χ3v) is 2.26. The van der Waals surface area contributed by atoms with Crippen LogP contribution in [0, 0.1) is 0 Å². The van der Waals surface area contributed by atoms with Crippen molar-refractivity contribution >= 4 is 23.4 Å². The van der Waals surface area contributed by atoms with Gasteiger partial charge in [0.25, 0.3) is 0 Å². The second kappa shape index (κ2) is 4.46. The average Bonchev–Trinajstić information content (AvgIpc) is 2.11. The molecule has 0 radical (unpaired) electrons. The van der Waals surface area contributed by atoms with E-state index in [1.54, 1.807) is 0 Å². The summed E-state index contributed by atoms with van der Waals surface area (Å²) < 4.78 is 0. The van der Waals surface area contributed by atoms with Crippen LogP contribution in [0.3, 0.4) is 0 Å². The number of nitrogens with zero attached hydrogens (tertiary/aromatic N) is 1. The molecule has 1 N–H and O–H groups in total. The van der Waals surface area contributed by atoms with E-state index in [9.17, 15) is 9.59 Å². The maximum absolute atomic E-state index is 11.5. The fourth-order valence-electron chi connectivity index (χ4n) is 1.49. The van der Waals surface area contributed by atoms with Gasteiger partial charge in [-0.3, -0.25) is 9.59 Å². The molecule has 1 rings (SSSR count). The Morgan fingerprint density at radius 1 is 1.71 bits per heavy atom. The number of amides is 2. The van der Waals surface area contributed by atoms with E-state index in [2.05, 4.69) is 11.9 Å². The molecule has 4 nitrogen and oxygen atoms in total.